The summed E-state index contributed by atoms with van der Waals surface area (Å²) in [5, 5.41) is 20.0. The Hall–Kier alpha value is -4.28. The van der Waals surface area contributed by atoms with E-state index in [-0.39, 0.29) is 23.6 Å². The van der Waals surface area contributed by atoms with Crippen LogP contribution in [0.15, 0.2) is 42.5 Å². The molecule has 30 heavy (non-hydrogen) atoms. The van der Waals surface area contributed by atoms with Gasteiger partial charge in [0, 0.05) is 12.1 Å². The van der Waals surface area contributed by atoms with Crippen molar-refractivity contribution in [3.63, 3.8) is 0 Å². The fourth-order valence-electron chi connectivity index (χ4n) is 2.80. The van der Waals surface area contributed by atoms with Gasteiger partial charge in [-0.05, 0) is 23.8 Å². The lowest BCUT2D eigenvalue weighted by Gasteiger charge is -2.10. The Morgan fingerprint density at radius 2 is 1.97 bits per heavy atom. The molecule has 2 aromatic carbocycles. The van der Waals surface area contributed by atoms with Crippen molar-refractivity contribution in [2.24, 2.45) is 5.73 Å². The maximum Gasteiger partial charge on any atom is 0.327 e. The second kappa shape index (κ2) is 8.39. The van der Waals surface area contributed by atoms with Crippen LogP contribution in [0.5, 0.6) is 5.75 Å². The number of nitrogens with one attached hydrogen (secondary N) is 2. The molecule has 0 radical (unpaired) electrons. The van der Waals surface area contributed by atoms with Gasteiger partial charge in [0.05, 0.1) is 17.6 Å². The first-order chi connectivity index (χ1) is 14.3. The average molecular weight is 413 g/mol. The Labute approximate surface area is 169 Å². The lowest BCUT2D eigenvalue weighted by atomic mass is 10.1. The molecule has 0 aliphatic heterocycles. The molecule has 3 rings (SSSR count). The Bertz CT molecular complexity index is 1130. The molecular formula is C19H16FN5O5. The van der Waals surface area contributed by atoms with Gasteiger partial charge in [0.1, 0.15) is 11.6 Å². The standard InChI is InChI=1S/C19H16FN5O5/c1-30-14-7-6-12(20)8-13(14)19(27)22-9-10-2-4-11(5-3-10)15-17(25(28)29)16(18(21)26)24-23-15/h2-8H,9H2,1H3,(H2,21,26)(H,22,27)(H,23,24). The molecule has 2 amide bonds. The zero-order valence-corrected chi connectivity index (χ0v) is 15.6. The molecule has 0 unspecified atom stereocenters. The van der Waals surface area contributed by atoms with Gasteiger partial charge in [0.15, 0.2) is 5.69 Å². The van der Waals surface area contributed by atoms with Gasteiger partial charge >= 0.3 is 5.69 Å². The van der Waals surface area contributed by atoms with E-state index in [0.717, 1.165) is 6.07 Å². The number of amides is 2. The van der Waals surface area contributed by atoms with Crippen LogP contribution >= 0.6 is 0 Å². The number of nitrogens with two attached hydrogens (primary N) is 1. The number of nitro groups is 1. The molecule has 0 aliphatic carbocycles. The van der Waals surface area contributed by atoms with Crippen molar-refractivity contribution >= 4 is 17.5 Å². The van der Waals surface area contributed by atoms with Crippen LogP contribution < -0.4 is 15.8 Å². The van der Waals surface area contributed by atoms with Gasteiger partial charge < -0.3 is 15.8 Å². The Balaban J connectivity index is 1.76. The first-order valence-corrected chi connectivity index (χ1v) is 8.55. The number of aromatic amines is 1. The van der Waals surface area contributed by atoms with Crippen LogP contribution in [0.25, 0.3) is 11.3 Å². The van der Waals surface area contributed by atoms with Crippen molar-refractivity contribution in [3.8, 4) is 17.0 Å². The number of halogens is 1. The highest BCUT2D eigenvalue weighted by molar-refractivity contribution is 5.98. The third-order valence-corrected chi connectivity index (χ3v) is 4.26. The average Bonchev–Trinajstić information content (AvgIpc) is 3.18. The molecule has 0 aliphatic rings. The van der Waals surface area contributed by atoms with Crippen LogP contribution in [0.2, 0.25) is 0 Å². The minimum atomic E-state index is -0.993. The molecule has 4 N–H and O–H groups in total. The number of methoxy groups -OCH3 is 1. The number of rotatable bonds is 7. The number of benzene rings is 2. The first-order valence-electron chi connectivity index (χ1n) is 8.55. The molecule has 3 aromatic rings. The number of ether oxygens (including phenoxy) is 1. The summed E-state index contributed by atoms with van der Waals surface area (Å²) in [5.41, 5.74) is 5.30. The maximum atomic E-state index is 13.4. The number of primary amides is 1. The highest BCUT2D eigenvalue weighted by Gasteiger charge is 2.28. The summed E-state index contributed by atoms with van der Waals surface area (Å²) < 4.78 is 18.5. The van der Waals surface area contributed by atoms with Crippen molar-refractivity contribution < 1.29 is 23.6 Å². The minimum Gasteiger partial charge on any atom is -0.496 e. The van der Waals surface area contributed by atoms with E-state index in [2.05, 4.69) is 15.5 Å². The Morgan fingerprint density at radius 1 is 1.27 bits per heavy atom. The van der Waals surface area contributed by atoms with Crippen LogP contribution in [0, 0.1) is 15.9 Å². The summed E-state index contributed by atoms with van der Waals surface area (Å²) in [6.45, 7) is 0.119. The van der Waals surface area contributed by atoms with Gasteiger partial charge in [-0.25, -0.2) is 4.39 Å². The van der Waals surface area contributed by atoms with E-state index in [0.29, 0.717) is 11.1 Å². The van der Waals surface area contributed by atoms with Gasteiger partial charge in [-0.3, -0.25) is 24.8 Å². The predicted octanol–water partition coefficient (Wildman–Crippen LogP) is 2.16. The third kappa shape index (κ3) is 4.09. The van der Waals surface area contributed by atoms with Crippen molar-refractivity contribution in [1.29, 1.82) is 0 Å². The number of aromatic nitrogens is 2. The normalized spacial score (nSPS) is 10.5. The summed E-state index contributed by atoms with van der Waals surface area (Å²) in [6, 6.07) is 9.98. The predicted molar refractivity (Wildman–Crippen MR) is 103 cm³/mol. The summed E-state index contributed by atoms with van der Waals surface area (Å²) in [6.07, 6.45) is 0. The maximum absolute atomic E-state index is 13.4. The van der Waals surface area contributed by atoms with Crippen molar-refractivity contribution in [1.82, 2.24) is 15.5 Å². The highest BCUT2D eigenvalue weighted by atomic mass is 19.1. The highest BCUT2D eigenvalue weighted by Crippen LogP contribution is 2.30. The van der Waals surface area contributed by atoms with Crippen molar-refractivity contribution in [2.45, 2.75) is 6.54 Å². The fourth-order valence-corrected chi connectivity index (χ4v) is 2.80. The van der Waals surface area contributed by atoms with E-state index in [1.807, 2.05) is 0 Å². The number of nitrogens with zero attached hydrogens (tertiary/aromatic N) is 2. The lowest BCUT2D eigenvalue weighted by molar-refractivity contribution is -0.384. The fraction of sp³-hybridized carbons (Fsp3) is 0.105. The van der Waals surface area contributed by atoms with Gasteiger partial charge in [0.25, 0.3) is 11.8 Å². The topological polar surface area (TPSA) is 153 Å². The van der Waals surface area contributed by atoms with Crippen molar-refractivity contribution in [3.05, 3.63) is 75.2 Å². The number of carbonyl (C=O) groups is 2. The summed E-state index contributed by atoms with van der Waals surface area (Å²) in [4.78, 5) is 34.2. The molecule has 0 fully saturated rings. The van der Waals surface area contributed by atoms with Crippen LogP contribution in [0.3, 0.4) is 0 Å². The van der Waals surface area contributed by atoms with E-state index in [4.69, 9.17) is 10.5 Å². The molecular weight excluding hydrogens is 397 g/mol. The quantitative estimate of drug-likeness (QED) is 0.398. The van der Waals surface area contributed by atoms with E-state index >= 15 is 0 Å². The first kappa shape index (κ1) is 20.5. The number of H-pyrrole nitrogens is 1. The molecule has 1 aromatic heterocycles. The monoisotopic (exact) mass is 413 g/mol. The molecule has 0 spiro atoms. The second-order valence-electron chi connectivity index (χ2n) is 6.14. The summed E-state index contributed by atoms with van der Waals surface area (Å²) >= 11 is 0. The Kier molecular flexibility index (Phi) is 5.72. The van der Waals surface area contributed by atoms with E-state index in [1.165, 1.54) is 19.2 Å². The molecule has 154 valence electrons. The smallest absolute Gasteiger partial charge is 0.327 e. The molecule has 11 heteroatoms. The molecule has 0 saturated heterocycles. The van der Waals surface area contributed by atoms with E-state index < -0.39 is 33.9 Å². The van der Waals surface area contributed by atoms with Gasteiger partial charge in [-0.1, -0.05) is 24.3 Å². The van der Waals surface area contributed by atoms with Crippen LogP contribution in [0.4, 0.5) is 10.1 Å². The zero-order chi connectivity index (χ0) is 21.8. The minimum absolute atomic E-state index is 0.0334. The summed E-state index contributed by atoms with van der Waals surface area (Å²) in [7, 11) is 1.38. The van der Waals surface area contributed by atoms with Gasteiger partial charge in [0.2, 0.25) is 5.69 Å². The van der Waals surface area contributed by atoms with Gasteiger partial charge in [-0.15, -0.1) is 0 Å². The molecule has 1 heterocycles. The molecule has 10 nitrogen and oxygen atoms in total. The number of hydrogen-bond acceptors (Lipinski definition) is 6. The SMILES string of the molecule is COc1ccc(F)cc1C(=O)NCc1ccc(-c2n[nH]c(C(N)=O)c2[N+](=O)[O-])cc1. The molecule has 0 bridgehead atoms. The molecule has 0 atom stereocenters. The van der Waals surface area contributed by atoms with Gasteiger partial charge in [-0.2, -0.15) is 5.10 Å². The van der Waals surface area contributed by atoms with Crippen molar-refractivity contribution in [2.75, 3.05) is 7.11 Å². The summed E-state index contributed by atoms with van der Waals surface area (Å²) in [5.74, 6) is -1.85. The van der Waals surface area contributed by atoms with Crippen LogP contribution in [-0.2, 0) is 6.54 Å². The lowest BCUT2D eigenvalue weighted by Crippen LogP contribution is -2.23. The zero-order valence-electron chi connectivity index (χ0n) is 15.6. The van der Waals surface area contributed by atoms with Crippen LogP contribution in [-0.4, -0.2) is 34.0 Å². The third-order valence-electron chi connectivity index (χ3n) is 4.26. The van der Waals surface area contributed by atoms with E-state index in [9.17, 15) is 24.1 Å². The Morgan fingerprint density at radius 3 is 2.57 bits per heavy atom. The molecule has 0 saturated carbocycles. The number of hydrogen-bond donors (Lipinski definition) is 3. The van der Waals surface area contributed by atoms with E-state index in [1.54, 1.807) is 24.3 Å². The largest absolute Gasteiger partial charge is 0.496 e. The number of carbonyl (C=O) groups excluding carboxylic acids is 2. The second-order valence-corrected chi connectivity index (χ2v) is 6.14. The van der Waals surface area contributed by atoms with Crippen LogP contribution in [0.1, 0.15) is 26.4 Å².